The highest BCUT2D eigenvalue weighted by atomic mass is 35.5. The Labute approximate surface area is 165 Å². The van der Waals surface area contributed by atoms with Crippen LogP contribution >= 0.6 is 11.6 Å². The van der Waals surface area contributed by atoms with E-state index in [9.17, 15) is 21.6 Å². The van der Waals surface area contributed by atoms with E-state index in [0.29, 0.717) is 37.9 Å². The summed E-state index contributed by atoms with van der Waals surface area (Å²) < 4.78 is 51.5. The van der Waals surface area contributed by atoms with Crippen molar-refractivity contribution in [2.75, 3.05) is 29.8 Å². The van der Waals surface area contributed by atoms with Crippen molar-refractivity contribution >= 4 is 43.2 Å². The second kappa shape index (κ2) is 8.76. The van der Waals surface area contributed by atoms with Crippen molar-refractivity contribution in [3.05, 3.63) is 28.8 Å². The fraction of sp³-hybridized carbons (Fsp3) is 0.562. The molecule has 0 unspecified atom stereocenters. The van der Waals surface area contributed by atoms with Crippen molar-refractivity contribution in [3.8, 4) is 0 Å². The van der Waals surface area contributed by atoms with Crippen LogP contribution in [0, 0.1) is 0 Å². The third-order valence-corrected chi connectivity index (χ3v) is 6.67. The molecular weight excluding hydrogens is 414 g/mol. The topological polar surface area (TPSA) is 113 Å². The summed E-state index contributed by atoms with van der Waals surface area (Å²) in [5.74, 6) is -0.161. The molecule has 0 saturated carbocycles. The minimum absolute atomic E-state index is 0.0903. The van der Waals surface area contributed by atoms with Crippen molar-refractivity contribution in [1.29, 1.82) is 0 Å². The number of nitrogens with zero attached hydrogens (tertiary/aromatic N) is 1. The molecule has 1 aliphatic heterocycles. The van der Waals surface area contributed by atoms with Gasteiger partial charge in [-0.2, -0.15) is 0 Å². The Kier molecular flexibility index (Phi) is 7.12. The lowest BCUT2D eigenvalue weighted by molar-refractivity contribution is 0.0711. The van der Waals surface area contributed by atoms with Gasteiger partial charge in [-0.25, -0.2) is 21.6 Å². The number of amides is 1. The van der Waals surface area contributed by atoms with Gasteiger partial charge in [-0.3, -0.25) is 9.52 Å². The number of rotatable bonds is 7. The van der Waals surface area contributed by atoms with E-state index in [1.807, 2.05) is 0 Å². The van der Waals surface area contributed by atoms with Crippen molar-refractivity contribution < 1.29 is 21.6 Å². The Morgan fingerprint density at radius 2 is 1.85 bits per heavy atom. The number of sulfonamides is 2. The van der Waals surface area contributed by atoms with Gasteiger partial charge < -0.3 is 4.90 Å². The number of carbonyl (C=O) groups is 1. The van der Waals surface area contributed by atoms with Crippen LogP contribution in [0.4, 0.5) is 5.69 Å². The standard InChI is InChI=1S/C16H24ClN3O5S2/c1-3-10-27(24,25)18-13-6-8-20(9-7-13)16(21)12-4-5-14(17)15(11-12)19-26(2,22)23/h4-5,11,13,18-19H,3,6-10H2,1-2H3. The van der Waals surface area contributed by atoms with Gasteiger partial charge in [-0.05, 0) is 37.5 Å². The highest BCUT2D eigenvalue weighted by Crippen LogP contribution is 2.25. The van der Waals surface area contributed by atoms with E-state index in [2.05, 4.69) is 9.44 Å². The maximum Gasteiger partial charge on any atom is 0.253 e. The second-order valence-electron chi connectivity index (χ2n) is 6.57. The van der Waals surface area contributed by atoms with Crippen LogP contribution < -0.4 is 9.44 Å². The number of hydrogen-bond donors (Lipinski definition) is 2. The number of benzene rings is 1. The Morgan fingerprint density at radius 1 is 1.22 bits per heavy atom. The molecule has 0 aromatic heterocycles. The molecule has 1 amide bonds. The van der Waals surface area contributed by atoms with Gasteiger partial charge in [0, 0.05) is 24.7 Å². The summed E-state index contributed by atoms with van der Waals surface area (Å²) in [6.07, 6.45) is 2.60. The molecule has 152 valence electrons. The van der Waals surface area contributed by atoms with Crippen LogP contribution in [-0.4, -0.2) is 58.8 Å². The lowest BCUT2D eigenvalue weighted by atomic mass is 10.0. The number of hydrogen-bond acceptors (Lipinski definition) is 5. The van der Waals surface area contributed by atoms with E-state index < -0.39 is 20.0 Å². The van der Waals surface area contributed by atoms with Crippen LogP contribution in [0.15, 0.2) is 18.2 Å². The SMILES string of the molecule is CCCS(=O)(=O)NC1CCN(C(=O)c2ccc(Cl)c(NS(C)(=O)=O)c2)CC1. The second-order valence-corrected chi connectivity index (χ2v) is 10.6. The van der Waals surface area contributed by atoms with Crippen molar-refractivity contribution in [2.45, 2.75) is 32.2 Å². The number of nitrogens with one attached hydrogen (secondary N) is 2. The molecule has 0 spiro atoms. The first kappa shape index (κ1) is 21.9. The molecule has 1 aromatic carbocycles. The Balaban J connectivity index is 2.03. The van der Waals surface area contributed by atoms with Crippen LogP contribution in [0.1, 0.15) is 36.5 Å². The number of likely N-dealkylation sites (tertiary alicyclic amines) is 1. The van der Waals surface area contributed by atoms with Crippen molar-refractivity contribution in [1.82, 2.24) is 9.62 Å². The summed E-state index contributed by atoms with van der Waals surface area (Å²) in [5.41, 5.74) is 0.461. The lowest BCUT2D eigenvalue weighted by Gasteiger charge is -2.32. The summed E-state index contributed by atoms with van der Waals surface area (Å²) in [6, 6.07) is 4.22. The van der Waals surface area contributed by atoms with Gasteiger partial charge in [0.25, 0.3) is 5.91 Å². The smallest absolute Gasteiger partial charge is 0.253 e. The third-order valence-electron chi connectivity index (χ3n) is 4.11. The zero-order valence-electron chi connectivity index (χ0n) is 15.2. The highest BCUT2D eigenvalue weighted by molar-refractivity contribution is 7.92. The molecule has 0 bridgehead atoms. The summed E-state index contributed by atoms with van der Waals surface area (Å²) in [7, 11) is -6.80. The maximum atomic E-state index is 12.7. The van der Waals surface area contributed by atoms with E-state index in [4.69, 9.17) is 11.6 Å². The van der Waals surface area contributed by atoms with Crippen LogP contribution in [0.25, 0.3) is 0 Å². The summed E-state index contributed by atoms with van der Waals surface area (Å²) >= 11 is 5.98. The Morgan fingerprint density at radius 3 is 2.41 bits per heavy atom. The average Bonchev–Trinajstić information content (AvgIpc) is 2.55. The fourth-order valence-electron chi connectivity index (χ4n) is 2.90. The molecule has 1 saturated heterocycles. The van der Waals surface area contributed by atoms with E-state index in [1.165, 1.54) is 18.2 Å². The van der Waals surface area contributed by atoms with Gasteiger partial charge in [0.2, 0.25) is 20.0 Å². The quantitative estimate of drug-likeness (QED) is 0.673. The number of piperidine rings is 1. The molecule has 0 radical (unpaired) electrons. The normalized spacial score (nSPS) is 16.3. The van der Waals surface area contributed by atoms with Crippen LogP contribution in [0.3, 0.4) is 0 Å². The average molecular weight is 438 g/mol. The third kappa shape index (κ3) is 6.63. The number of halogens is 1. The van der Waals surface area contributed by atoms with Gasteiger partial charge in [-0.1, -0.05) is 18.5 Å². The van der Waals surface area contributed by atoms with Crippen LogP contribution in [0.5, 0.6) is 0 Å². The van der Waals surface area contributed by atoms with E-state index in [1.54, 1.807) is 11.8 Å². The van der Waals surface area contributed by atoms with Gasteiger partial charge in [0.1, 0.15) is 0 Å². The van der Waals surface area contributed by atoms with E-state index >= 15 is 0 Å². The first-order valence-corrected chi connectivity index (χ1v) is 12.5. The molecule has 2 N–H and O–H groups in total. The molecule has 1 fully saturated rings. The molecule has 27 heavy (non-hydrogen) atoms. The number of anilines is 1. The Bertz CT molecular complexity index is 895. The number of carbonyl (C=O) groups excluding carboxylic acids is 1. The predicted octanol–water partition coefficient (Wildman–Crippen LogP) is 1.65. The van der Waals surface area contributed by atoms with Gasteiger partial charge in [0.15, 0.2) is 0 Å². The predicted molar refractivity (Wildman–Crippen MR) is 106 cm³/mol. The largest absolute Gasteiger partial charge is 0.339 e. The molecule has 1 aliphatic rings. The summed E-state index contributed by atoms with van der Waals surface area (Å²) in [6.45, 7) is 2.63. The van der Waals surface area contributed by atoms with Gasteiger partial charge >= 0.3 is 0 Å². The summed E-state index contributed by atoms with van der Waals surface area (Å²) in [5, 5.41) is 0.195. The van der Waals surface area contributed by atoms with E-state index in [-0.39, 0.29) is 28.4 Å². The minimum Gasteiger partial charge on any atom is -0.339 e. The van der Waals surface area contributed by atoms with Crippen LogP contribution in [0.2, 0.25) is 5.02 Å². The minimum atomic E-state index is -3.52. The molecule has 2 rings (SSSR count). The van der Waals surface area contributed by atoms with Gasteiger partial charge in [-0.15, -0.1) is 0 Å². The maximum absolute atomic E-state index is 12.7. The molecule has 1 heterocycles. The zero-order chi connectivity index (χ0) is 20.2. The first-order valence-electron chi connectivity index (χ1n) is 8.57. The van der Waals surface area contributed by atoms with Crippen LogP contribution in [-0.2, 0) is 20.0 Å². The monoisotopic (exact) mass is 437 g/mol. The first-order chi connectivity index (χ1) is 12.5. The van der Waals surface area contributed by atoms with Crippen molar-refractivity contribution in [3.63, 3.8) is 0 Å². The summed E-state index contributed by atoms with van der Waals surface area (Å²) in [4.78, 5) is 14.3. The molecule has 0 aliphatic carbocycles. The molecule has 1 aromatic rings. The fourth-order valence-corrected chi connectivity index (χ4v) is 5.09. The molecular formula is C16H24ClN3O5S2. The van der Waals surface area contributed by atoms with Gasteiger partial charge in [0.05, 0.1) is 22.7 Å². The Hall–Kier alpha value is -1.36. The molecule has 0 atom stereocenters. The van der Waals surface area contributed by atoms with Crippen molar-refractivity contribution in [2.24, 2.45) is 0 Å². The highest BCUT2D eigenvalue weighted by Gasteiger charge is 2.26. The van der Waals surface area contributed by atoms with E-state index in [0.717, 1.165) is 6.26 Å². The molecule has 8 nitrogen and oxygen atoms in total. The zero-order valence-corrected chi connectivity index (χ0v) is 17.6. The molecule has 11 heteroatoms. The lowest BCUT2D eigenvalue weighted by Crippen LogP contribution is -2.47.